The molecule has 8 heteroatoms. The number of nitrogens with one attached hydrogen (secondary N) is 2. The fourth-order valence-corrected chi connectivity index (χ4v) is 2.92. The minimum absolute atomic E-state index is 0.0207. The van der Waals surface area contributed by atoms with Gasteiger partial charge in [-0.3, -0.25) is 10.1 Å². The molecule has 0 aliphatic carbocycles. The summed E-state index contributed by atoms with van der Waals surface area (Å²) < 4.78 is 1.60. The Labute approximate surface area is 143 Å². The van der Waals surface area contributed by atoms with Crippen molar-refractivity contribution in [2.45, 2.75) is 6.54 Å². The number of hydrogen-bond donors (Lipinski definition) is 2. The minimum Gasteiger partial charge on any atom is -0.334 e. The van der Waals surface area contributed by atoms with Crippen LogP contribution in [-0.4, -0.2) is 11.0 Å². The summed E-state index contributed by atoms with van der Waals surface area (Å²) in [5, 5.41) is 16.2. The summed E-state index contributed by atoms with van der Waals surface area (Å²) in [6.07, 6.45) is 0. The van der Waals surface area contributed by atoms with Crippen LogP contribution in [0.1, 0.15) is 5.56 Å². The first-order chi connectivity index (χ1) is 10.5. The lowest BCUT2D eigenvalue weighted by molar-refractivity contribution is -0.385. The molecule has 0 spiro atoms. The standard InChI is InChI=1S/C14H11Br2N3O3/c15-10-5-6-12(11(16)7-10)18-14(20)17-8-9-3-1-2-4-13(9)19(21)22/h1-7H,8H2,(H2,17,18,20). The Morgan fingerprint density at radius 3 is 2.59 bits per heavy atom. The smallest absolute Gasteiger partial charge is 0.319 e. The quantitative estimate of drug-likeness (QED) is 0.557. The van der Waals surface area contributed by atoms with Crippen LogP contribution in [0.2, 0.25) is 0 Å². The lowest BCUT2D eigenvalue weighted by Crippen LogP contribution is -2.28. The van der Waals surface area contributed by atoms with E-state index in [0.29, 0.717) is 11.3 Å². The van der Waals surface area contributed by atoms with E-state index in [9.17, 15) is 14.9 Å². The molecule has 2 rings (SSSR count). The van der Waals surface area contributed by atoms with E-state index in [1.54, 1.807) is 36.4 Å². The van der Waals surface area contributed by atoms with E-state index in [-0.39, 0.29) is 12.2 Å². The minimum atomic E-state index is -0.472. The zero-order valence-corrected chi connectivity index (χ0v) is 14.3. The molecule has 0 heterocycles. The van der Waals surface area contributed by atoms with E-state index in [1.165, 1.54) is 6.07 Å². The van der Waals surface area contributed by atoms with Gasteiger partial charge in [0.1, 0.15) is 0 Å². The maximum absolute atomic E-state index is 11.9. The molecule has 0 atom stereocenters. The van der Waals surface area contributed by atoms with Gasteiger partial charge in [0.05, 0.1) is 17.2 Å². The Bertz CT molecular complexity index is 722. The summed E-state index contributed by atoms with van der Waals surface area (Å²) in [4.78, 5) is 22.3. The number of nitrogens with zero attached hydrogens (tertiary/aromatic N) is 1. The number of carbonyl (C=O) groups excluding carboxylic acids is 1. The summed E-state index contributed by atoms with van der Waals surface area (Å²) in [6, 6.07) is 11.2. The van der Waals surface area contributed by atoms with Gasteiger partial charge in [-0.1, -0.05) is 34.1 Å². The van der Waals surface area contributed by atoms with Crippen LogP contribution in [0.3, 0.4) is 0 Å². The van der Waals surface area contributed by atoms with Gasteiger partial charge < -0.3 is 10.6 Å². The second-order valence-corrected chi connectivity index (χ2v) is 6.09. The monoisotopic (exact) mass is 427 g/mol. The maximum atomic E-state index is 11.9. The number of hydrogen-bond acceptors (Lipinski definition) is 3. The Kier molecular flexibility index (Phi) is 5.51. The molecule has 2 aromatic carbocycles. The normalized spacial score (nSPS) is 10.1. The van der Waals surface area contributed by atoms with Crippen LogP contribution in [0.5, 0.6) is 0 Å². The third-order valence-corrected chi connectivity index (χ3v) is 3.96. The van der Waals surface area contributed by atoms with Crippen molar-refractivity contribution in [3.8, 4) is 0 Å². The van der Waals surface area contributed by atoms with Gasteiger partial charge in [-0.2, -0.15) is 0 Å². The second-order valence-electron chi connectivity index (χ2n) is 4.32. The summed E-state index contributed by atoms with van der Waals surface area (Å²) in [7, 11) is 0. The van der Waals surface area contributed by atoms with Crippen molar-refractivity contribution in [2.24, 2.45) is 0 Å². The molecule has 0 aliphatic heterocycles. The zero-order valence-electron chi connectivity index (χ0n) is 11.2. The third kappa shape index (κ3) is 4.28. The summed E-state index contributed by atoms with van der Waals surface area (Å²) in [5.74, 6) is 0. The van der Waals surface area contributed by atoms with Crippen molar-refractivity contribution in [2.75, 3.05) is 5.32 Å². The van der Waals surface area contributed by atoms with Crippen LogP contribution < -0.4 is 10.6 Å². The molecular weight excluding hydrogens is 418 g/mol. The Balaban J connectivity index is 2.00. The van der Waals surface area contributed by atoms with Crippen LogP contribution in [0.4, 0.5) is 16.2 Å². The van der Waals surface area contributed by atoms with E-state index in [1.807, 2.05) is 0 Å². The fraction of sp³-hybridized carbons (Fsp3) is 0.0714. The van der Waals surface area contributed by atoms with E-state index in [2.05, 4.69) is 42.5 Å². The highest BCUT2D eigenvalue weighted by Gasteiger charge is 2.13. The first kappa shape index (κ1) is 16.4. The highest BCUT2D eigenvalue weighted by molar-refractivity contribution is 9.11. The largest absolute Gasteiger partial charge is 0.334 e. The summed E-state index contributed by atoms with van der Waals surface area (Å²) in [5.41, 5.74) is 1.02. The number of amides is 2. The molecule has 22 heavy (non-hydrogen) atoms. The third-order valence-electron chi connectivity index (χ3n) is 2.81. The summed E-state index contributed by atoms with van der Waals surface area (Å²) >= 11 is 6.66. The van der Waals surface area contributed by atoms with Gasteiger partial charge in [-0.15, -0.1) is 0 Å². The van der Waals surface area contributed by atoms with Gasteiger partial charge in [0.25, 0.3) is 5.69 Å². The number of carbonyl (C=O) groups is 1. The first-order valence-electron chi connectivity index (χ1n) is 6.19. The molecule has 0 bridgehead atoms. The van der Waals surface area contributed by atoms with Crippen molar-refractivity contribution in [1.29, 1.82) is 0 Å². The van der Waals surface area contributed by atoms with E-state index < -0.39 is 11.0 Å². The highest BCUT2D eigenvalue weighted by Crippen LogP contribution is 2.26. The molecule has 0 radical (unpaired) electrons. The van der Waals surface area contributed by atoms with Crippen LogP contribution in [0.25, 0.3) is 0 Å². The van der Waals surface area contributed by atoms with Crippen LogP contribution >= 0.6 is 31.9 Å². The van der Waals surface area contributed by atoms with Crippen molar-refractivity contribution >= 4 is 49.3 Å². The van der Waals surface area contributed by atoms with Gasteiger partial charge >= 0.3 is 6.03 Å². The van der Waals surface area contributed by atoms with Crippen LogP contribution in [0.15, 0.2) is 51.4 Å². The molecule has 0 fully saturated rings. The number of nitro groups is 1. The number of para-hydroxylation sites is 1. The molecule has 2 amide bonds. The van der Waals surface area contributed by atoms with E-state index in [0.717, 1.165) is 8.95 Å². The number of anilines is 1. The lowest BCUT2D eigenvalue weighted by Gasteiger charge is -2.09. The Hall–Kier alpha value is -1.93. The van der Waals surface area contributed by atoms with E-state index in [4.69, 9.17) is 0 Å². The molecule has 114 valence electrons. The van der Waals surface area contributed by atoms with E-state index >= 15 is 0 Å². The molecule has 0 saturated heterocycles. The first-order valence-corrected chi connectivity index (χ1v) is 7.78. The average Bonchev–Trinajstić information content (AvgIpc) is 2.48. The lowest BCUT2D eigenvalue weighted by atomic mass is 10.2. The van der Waals surface area contributed by atoms with Crippen LogP contribution in [0, 0.1) is 10.1 Å². The SMILES string of the molecule is O=C(NCc1ccccc1[N+](=O)[O-])Nc1ccc(Br)cc1Br. The number of urea groups is 1. The average molecular weight is 429 g/mol. The number of nitro benzene ring substituents is 1. The van der Waals surface area contributed by atoms with Gasteiger partial charge in [-0.05, 0) is 34.1 Å². The summed E-state index contributed by atoms with van der Waals surface area (Å²) in [6.45, 7) is 0.0666. The molecule has 0 saturated carbocycles. The van der Waals surface area contributed by atoms with Crippen LogP contribution in [-0.2, 0) is 6.54 Å². The van der Waals surface area contributed by atoms with Gasteiger partial charge in [0.2, 0.25) is 0 Å². The van der Waals surface area contributed by atoms with Gasteiger partial charge in [0, 0.05) is 20.6 Å². The van der Waals surface area contributed by atoms with Crippen molar-refractivity contribution < 1.29 is 9.72 Å². The molecule has 2 N–H and O–H groups in total. The predicted molar refractivity (Wildman–Crippen MR) is 90.8 cm³/mol. The topological polar surface area (TPSA) is 84.3 Å². The molecule has 6 nitrogen and oxygen atoms in total. The molecule has 2 aromatic rings. The van der Waals surface area contributed by atoms with Crippen molar-refractivity contribution in [1.82, 2.24) is 5.32 Å². The zero-order chi connectivity index (χ0) is 16.1. The maximum Gasteiger partial charge on any atom is 0.319 e. The number of halogens is 2. The molecule has 0 aliphatic rings. The second kappa shape index (κ2) is 7.37. The predicted octanol–water partition coefficient (Wildman–Crippen LogP) is 4.44. The van der Waals surface area contributed by atoms with Gasteiger partial charge in [0.15, 0.2) is 0 Å². The Morgan fingerprint density at radius 2 is 1.91 bits per heavy atom. The number of rotatable bonds is 4. The molecule has 0 unspecified atom stereocenters. The molecule has 0 aromatic heterocycles. The highest BCUT2D eigenvalue weighted by atomic mass is 79.9. The Morgan fingerprint density at radius 1 is 1.18 bits per heavy atom. The fourth-order valence-electron chi connectivity index (χ4n) is 1.77. The van der Waals surface area contributed by atoms with Gasteiger partial charge in [-0.25, -0.2) is 4.79 Å². The number of benzene rings is 2. The molecular formula is C14H11Br2N3O3. The van der Waals surface area contributed by atoms with Crippen molar-refractivity contribution in [3.05, 3.63) is 67.1 Å². The van der Waals surface area contributed by atoms with Crippen molar-refractivity contribution in [3.63, 3.8) is 0 Å².